The van der Waals surface area contributed by atoms with Gasteiger partial charge >= 0.3 is 5.97 Å². The molecule has 128 valence electrons. The third kappa shape index (κ3) is 3.25. The topological polar surface area (TPSA) is 63.7 Å². The quantitative estimate of drug-likeness (QED) is 0.601. The Morgan fingerprint density at radius 1 is 1.08 bits per heavy atom. The van der Waals surface area contributed by atoms with E-state index in [1.807, 2.05) is 0 Å². The molecule has 0 N–H and O–H groups in total. The molecule has 0 spiro atoms. The highest BCUT2D eigenvalue weighted by atomic mass is 35.5. The van der Waals surface area contributed by atoms with Gasteiger partial charge in [0.15, 0.2) is 0 Å². The van der Waals surface area contributed by atoms with E-state index >= 15 is 0 Å². The molecule has 2 aromatic carbocycles. The van der Waals surface area contributed by atoms with Gasteiger partial charge in [-0.3, -0.25) is 14.5 Å². The fourth-order valence-electron chi connectivity index (χ4n) is 2.57. The number of ether oxygens (including phenoxy) is 1. The summed E-state index contributed by atoms with van der Waals surface area (Å²) >= 11 is 11.9. The molecular weight excluding hydrogens is 365 g/mol. The molecule has 1 aliphatic heterocycles. The molecule has 1 aliphatic rings. The van der Waals surface area contributed by atoms with Gasteiger partial charge in [-0.1, -0.05) is 41.4 Å². The van der Waals surface area contributed by atoms with Crippen LogP contribution in [0.15, 0.2) is 42.5 Å². The van der Waals surface area contributed by atoms with E-state index in [1.54, 1.807) is 42.5 Å². The number of hydrogen-bond donors (Lipinski definition) is 0. The summed E-state index contributed by atoms with van der Waals surface area (Å²) in [5.41, 5.74) is 1.15. The Bertz CT molecular complexity index is 846. The van der Waals surface area contributed by atoms with Crippen molar-refractivity contribution in [1.29, 1.82) is 0 Å². The van der Waals surface area contributed by atoms with Crippen molar-refractivity contribution in [2.24, 2.45) is 0 Å². The normalized spacial score (nSPS) is 14.4. The van der Waals surface area contributed by atoms with Gasteiger partial charge in [-0.05, 0) is 31.2 Å². The number of imide groups is 1. The van der Waals surface area contributed by atoms with Crippen LogP contribution in [0.2, 0.25) is 10.0 Å². The number of hydrogen-bond acceptors (Lipinski definition) is 4. The number of esters is 1. The first-order valence-electron chi connectivity index (χ1n) is 7.47. The van der Waals surface area contributed by atoms with E-state index < -0.39 is 23.8 Å². The summed E-state index contributed by atoms with van der Waals surface area (Å²) in [5.74, 6) is -1.70. The van der Waals surface area contributed by atoms with E-state index in [0.29, 0.717) is 15.6 Å². The Labute approximate surface area is 154 Å². The molecule has 25 heavy (non-hydrogen) atoms. The van der Waals surface area contributed by atoms with Crippen LogP contribution in [0, 0.1) is 0 Å². The van der Waals surface area contributed by atoms with Crippen molar-refractivity contribution >= 4 is 41.0 Å². The minimum atomic E-state index is -1.04. The van der Waals surface area contributed by atoms with Gasteiger partial charge in [0.1, 0.15) is 12.6 Å². The molecule has 0 fully saturated rings. The lowest BCUT2D eigenvalue weighted by molar-refractivity contribution is -0.149. The lowest BCUT2D eigenvalue weighted by Gasteiger charge is -2.21. The van der Waals surface area contributed by atoms with Gasteiger partial charge in [0, 0.05) is 15.6 Å². The SMILES string of the molecule is C[C@H](C(=O)OCc1ccc(Cl)cc1Cl)N1C(=O)c2ccccc2C1=O. The Morgan fingerprint density at radius 2 is 1.68 bits per heavy atom. The lowest BCUT2D eigenvalue weighted by atomic mass is 10.1. The van der Waals surface area contributed by atoms with Crippen LogP contribution >= 0.6 is 23.2 Å². The standard InChI is InChI=1S/C18H13Cl2NO4/c1-10(18(24)25-9-11-6-7-12(19)8-15(11)20)21-16(22)13-4-2-3-5-14(13)17(21)23/h2-8,10H,9H2,1H3/t10-/m1/s1. The molecule has 0 bridgehead atoms. The van der Waals surface area contributed by atoms with Crippen molar-refractivity contribution in [3.63, 3.8) is 0 Å². The molecule has 0 unspecified atom stereocenters. The molecule has 1 heterocycles. The Morgan fingerprint density at radius 3 is 2.24 bits per heavy atom. The summed E-state index contributed by atoms with van der Waals surface area (Å²) in [7, 11) is 0. The summed E-state index contributed by atoms with van der Waals surface area (Å²) < 4.78 is 5.21. The Kier molecular flexibility index (Phi) is 4.79. The second-order valence-corrected chi connectivity index (χ2v) is 6.39. The molecule has 1 atom stereocenters. The van der Waals surface area contributed by atoms with Crippen LogP contribution in [0.4, 0.5) is 0 Å². The van der Waals surface area contributed by atoms with Crippen LogP contribution in [0.1, 0.15) is 33.2 Å². The van der Waals surface area contributed by atoms with E-state index in [9.17, 15) is 14.4 Å². The second-order valence-electron chi connectivity index (χ2n) is 5.55. The van der Waals surface area contributed by atoms with Crippen LogP contribution in [-0.2, 0) is 16.1 Å². The average Bonchev–Trinajstić information content (AvgIpc) is 2.85. The number of carbonyl (C=O) groups is 3. The van der Waals surface area contributed by atoms with Gasteiger partial charge in [-0.25, -0.2) is 4.79 Å². The van der Waals surface area contributed by atoms with E-state index in [2.05, 4.69) is 0 Å². The molecule has 0 saturated carbocycles. The number of rotatable bonds is 4. The predicted octanol–water partition coefficient (Wildman–Crippen LogP) is 3.72. The van der Waals surface area contributed by atoms with E-state index in [-0.39, 0.29) is 17.7 Å². The minimum absolute atomic E-state index is 0.0810. The molecule has 0 radical (unpaired) electrons. The van der Waals surface area contributed by atoms with Crippen LogP contribution in [-0.4, -0.2) is 28.7 Å². The smallest absolute Gasteiger partial charge is 0.329 e. The van der Waals surface area contributed by atoms with E-state index in [4.69, 9.17) is 27.9 Å². The molecule has 2 amide bonds. The predicted molar refractivity (Wildman–Crippen MR) is 92.7 cm³/mol. The summed E-state index contributed by atoms with van der Waals surface area (Å²) in [6.07, 6.45) is 0. The summed E-state index contributed by atoms with van der Waals surface area (Å²) in [6, 6.07) is 10.2. The van der Waals surface area contributed by atoms with Crippen molar-refractivity contribution in [3.8, 4) is 0 Å². The Hall–Kier alpha value is -2.37. The fraction of sp³-hybridized carbons (Fsp3) is 0.167. The molecule has 3 rings (SSSR count). The van der Waals surface area contributed by atoms with Crippen LogP contribution in [0.3, 0.4) is 0 Å². The van der Waals surface area contributed by atoms with Crippen LogP contribution < -0.4 is 0 Å². The van der Waals surface area contributed by atoms with Crippen molar-refractivity contribution in [3.05, 3.63) is 69.2 Å². The highest BCUT2D eigenvalue weighted by Gasteiger charge is 2.41. The van der Waals surface area contributed by atoms with Gasteiger partial charge in [-0.2, -0.15) is 0 Å². The molecule has 7 heteroatoms. The van der Waals surface area contributed by atoms with Gasteiger partial charge in [-0.15, -0.1) is 0 Å². The molecule has 5 nitrogen and oxygen atoms in total. The van der Waals surface area contributed by atoms with Crippen molar-refractivity contribution in [1.82, 2.24) is 4.90 Å². The third-order valence-corrected chi connectivity index (χ3v) is 4.53. The maximum absolute atomic E-state index is 12.4. The van der Waals surface area contributed by atoms with E-state index in [0.717, 1.165) is 4.90 Å². The van der Waals surface area contributed by atoms with Crippen molar-refractivity contribution in [2.45, 2.75) is 19.6 Å². The number of carbonyl (C=O) groups excluding carboxylic acids is 3. The largest absolute Gasteiger partial charge is 0.459 e. The zero-order valence-corrected chi connectivity index (χ0v) is 14.7. The number of benzene rings is 2. The first-order chi connectivity index (χ1) is 11.9. The molecular formula is C18H13Cl2NO4. The molecule has 0 aromatic heterocycles. The first-order valence-corrected chi connectivity index (χ1v) is 8.23. The Balaban J connectivity index is 1.71. The van der Waals surface area contributed by atoms with Crippen molar-refractivity contribution < 1.29 is 19.1 Å². The van der Waals surface area contributed by atoms with Gasteiger partial charge in [0.25, 0.3) is 11.8 Å². The third-order valence-electron chi connectivity index (χ3n) is 3.94. The monoisotopic (exact) mass is 377 g/mol. The highest BCUT2D eigenvalue weighted by molar-refractivity contribution is 6.35. The van der Waals surface area contributed by atoms with Gasteiger partial charge < -0.3 is 4.74 Å². The molecule has 0 aliphatic carbocycles. The molecule has 2 aromatic rings. The van der Waals surface area contributed by atoms with Crippen molar-refractivity contribution in [2.75, 3.05) is 0 Å². The molecule has 0 saturated heterocycles. The maximum atomic E-state index is 12.4. The summed E-state index contributed by atoms with van der Waals surface area (Å²) in [4.78, 5) is 38.0. The minimum Gasteiger partial charge on any atom is -0.459 e. The number of nitrogens with zero attached hydrogens (tertiary/aromatic N) is 1. The summed E-state index contributed by atoms with van der Waals surface area (Å²) in [5, 5.41) is 0.841. The zero-order valence-electron chi connectivity index (χ0n) is 13.2. The van der Waals surface area contributed by atoms with Crippen LogP contribution in [0.25, 0.3) is 0 Å². The van der Waals surface area contributed by atoms with Gasteiger partial charge in [0.2, 0.25) is 0 Å². The second kappa shape index (κ2) is 6.86. The number of fused-ring (bicyclic) bond motifs is 1. The highest BCUT2D eigenvalue weighted by Crippen LogP contribution is 2.25. The summed E-state index contributed by atoms with van der Waals surface area (Å²) in [6.45, 7) is 1.37. The number of halogens is 2. The van der Waals surface area contributed by atoms with Gasteiger partial charge in [0.05, 0.1) is 11.1 Å². The zero-order chi connectivity index (χ0) is 18.1. The maximum Gasteiger partial charge on any atom is 0.329 e. The average molecular weight is 378 g/mol. The lowest BCUT2D eigenvalue weighted by Crippen LogP contribution is -2.43. The van der Waals surface area contributed by atoms with E-state index in [1.165, 1.54) is 6.92 Å². The number of amides is 2. The first kappa shape index (κ1) is 17.5. The van der Waals surface area contributed by atoms with Crippen LogP contribution in [0.5, 0.6) is 0 Å². The fourth-order valence-corrected chi connectivity index (χ4v) is 3.04.